The van der Waals surface area contributed by atoms with Gasteiger partial charge in [0.25, 0.3) is 11.8 Å². The molecule has 35 heavy (non-hydrogen) atoms. The second-order valence-corrected chi connectivity index (χ2v) is 8.38. The normalized spacial score (nSPS) is 13.2. The van der Waals surface area contributed by atoms with Crippen LogP contribution >= 0.6 is 11.6 Å². The van der Waals surface area contributed by atoms with E-state index in [1.807, 2.05) is 19.1 Å². The molecule has 180 valence electrons. The highest BCUT2D eigenvalue weighted by Gasteiger charge is 2.18. The van der Waals surface area contributed by atoms with Crippen molar-refractivity contribution < 1.29 is 23.8 Å². The highest BCUT2D eigenvalue weighted by Crippen LogP contribution is 2.32. The lowest BCUT2D eigenvalue weighted by molar-refractivity contribution is -0.122. The number of halogens is 1. The average Bonchev–Trinajstić information content (AvgIpc) is 3.32. The molecule has 0 bridgehead atoms. The maximum absolute atomic E-state index is 12.6. The Hall–Kier alpha value is -4.04. The van der Waals surface area contributed by atoms with E-state index in [0.29, 0.717) is 39.2 Å². The number of fused-ring (bicyclic) bond motifs is 1. The molecule has 1 unspecified atom stereocenters. The monoisotopic (exact) mass is 493 g/mol. The topological polar surface area (TPSA) is 98.3 Å². The van der Waals surface area contributed by atoms with Gasteiger partial charge in [-0.25, -0.2) is 5.43 Å². The van der Waals surface area contributed by atoms with Crippen LogP contribution in [0.1, 0.15) is 35.3 Å². The fourth-order valence-electron chi connectivity index (χ4n) is 3.31. The Balaban J connectivity index is 1.38. The number of carbonyl (C=O) groups excluding carboxylic acids is 2. The molecule has 0 saturated heterocycles. The smallest absolute Gasteiger partial charge is 0.271 e. The Labute approximate surface area is 207 Å². The zero-order chi connectivity index (χ0) is 24.9. The molecule has 1 aliphatic rings. The molecule has 3 aromatic carbocycles. The van der Waals surface area contributed by atoms with E-state index in [9.17, 15) is 9.59 Å². The predicted molar refractivity (Wildman–Crippen MR) is 134 cm³/mol. The molecule has 1 aliphatic heterocycles. The molecule has 4 rings (SSSR count). The van der Waals surface area contributed by atoms with E-state index in [0.717, 1.165) is 11.1 Å². The lowest BCUT2D eigenvalue weighted by atomic mass is 10.1. The lowest BCUT2D eigenvalue weighted by Crippen LogP contribution is -2.30. The van der Waals surface area contributed by atoms with Crippen LogP contribution in [0.4, 0.5) is 5.69 Å². The summed E-state index contributed by atoms with van der Waals surface area (Å²) in [5, 5.41) is 7.46. The molecule has 0 aromatic heterocycles. The fraction of sp³-hybridized carbons (Fsp3) is 0.192. The fourth-order valence-corrected chi connectivity index (χ4v) is 3.59. The number of hydrazone groups is 1. The molecular weight excluding hydrogens is 470 g/mol. The first kappa shape index (κ1) is 24.1. The van der Waals surface area contributed by atoms with Gasteiger partial charge in [0, 0.05) is 11.3 Å². The minimum atomic E-state index is -0.769. The summed E-state index contributed by atoms with van der Waals surface area (Å²) in [6.07, 6.45) is -0.769. The molecule has 0 saturated carbocycles. The van der Waals surface area contributed by atoms with Gasteiger partial charge >= 0.3 is 0 Å². The van der Waals surface area contributed by atoms with E-state index >= 15 is 0 Å². The molecule has 0 radical (unpaired) electrons. The SMILES string of the molecule is C/C(=N\NC(=O)c1ccc2c(c1)OCO2)c1cccc(NC(=O)C(C)Oc2ccc(C)cc2Cl)c1. The summed E-state index contributed by atoms with van der Waals surface area (Å²) in [4.78, 5) is 25.1. The number of nitrogens with zero attached hydrogens (tertiary/aromatic N) is 1. The number of ether oxygens (including phenoxy) is 3. The van der Waals surface area contributed by atoms with Crippen LogP contribution in [-0.2, 0) is 4.79 Å². The van der Waals surface area contributed by atoms with Crippen LogP contribution in [-0.4, -0.2) is 30.4 Å². The van der Waals surface area contributed by atoms with Crippen molar-refractivity contribution in [3.63, 3.8) is 0 Å². The molecule has 1 heterocycles. The van der Waals surface area contributed by atoms with Crippen molar-refractivity contribution in [2.45, 2.75) is 26.9 Å². The maximum atomic E-state index is 12.6. The Bertz CT molecular complexity index is 1310. The number of rotatable bonds is 7. The van der Waals surface area contributed by atoms with Crippen molar-refractivity contribution in [3.05, 3.63) is 82.4 Å². The molecule has 0 aliphatic carbocycles. The first-order valence-corrected chi connectivity index (χ1v) is 11.3. The molecule has 0 spiro atoms. The van der Waals surface area contributed by atoms with Gasteiger partial charge in [0.15, 0.2) is 17.6 Å². The number of hydrogen-bond acceptors (Lipinski definition) is 6. The van der Waals surface area contributed by atoms with Crippen LogP contribution in [0.3, 0.4) is 0 Å². The highest BCUT2D eigenvalue weighted by molar-refractivity contribution is 6.32. The van der Waals surface area contributed by atoms with Gasteiger partial charge in [-0.05, 0) is 74.4 Å². The molecule has 0 fully saturated rings. The minimum absolute atomic E-state index is 0.134. The number of amides is 2. The summed E-state index contributed by atoms with van der Waals surface area (Å²) < 4.78 is 16.3. The third kappa shape index (κ3) is 5.91. The summed E-state index contributed by atoms with van der Waals surface area (Å²) >= 11 is 6.20. The van der Waals surface area contributed by atoms with Crippen molar-refractivity contribution in [1.29, 1.82) is 0 Å². The van der Waals surface area contributed by atoms with Crippen molar-refractivity contribution >= 4 is 34.8 Å². The number of aryl methyl sites for hydroxylation is 1. The van der Waals surface area contributed by atoms with E-state index in [-0.39, 0.29) is 18.6 Å². The molecule has 2 amide bonds. The molecule has 9 heteroatoms. The van der Waals surface area contributed by atoms with Crippen molar-refractivity contribution in [3.8, 4) is 17.2 Å². The molecule has 8 nitrogen and oxygen atoms in total. The summed E-state index contributed by atoms with van der Waals surface area (Å²) in [6.45, 7) is 5.46. The van der Waals surface area contributed by atoms with Gasteiger partial charge in [-0.15, -0.1) is 0 Å². The van der Waals surface area contributed by atoms with E-state index < -0.39 is 6.10 Å². The van der Waals surface area contributed by atoms with Gasteiger partial charge < -0.3 is 19.5 Å². The van der Waals surface area contributed by atoms with Gasteiger partial charge in [0.05, 0.1) is 10.7 Å². The van der Waals surface area contributed by atoms with Crippen molar-refractivity contribution in [2.75, 3.05) is 12.1 Å². The van der Waals surface area contributed by atoms with Gasteiger partial charge in [-0.1, -0.05) is 29.8 Å². The zero-order valence-corrected chi connectivity index (χ0v) is 20.2. The van der Waals surface area contributed by atoms with Gasteiger partial charge in [-0.2, -0.15) is 5.10 Å². The summed E-state index contributed by atoms with van der Waals surface area (Å²) in [5.74, 6) is 0.846. The largest absolute Gasteiger partial charge is 0.479 e. The Morgan fingerprint density at radius 3 is 2.63 bits per heavy atom. The standard InChI is InChI=1S/C26H24ClN3O5/c1-15-7-9-22(21(27)11-15)35-17(3)25(31)28-20-6-4-5-18(12-20)16(2)29-30-26(32)19-8-10-23-24(13-19)34-14-33-23/h4-13,17H,14H2,1-3H3,(H,28,31)(H,30,32)/b29-16+. The quantitative estimate of drug-likeness (QED) is 0.359. The Morgan fingerprint density at radius 2 is 1.83 bits per heavy atom. The Morgan fingerprint density at radius 1 is 1.03 bits per heavy atom. The van der Waals surface area contributed by atoms with E-state index in [4.69, 9.17) is 25.8 Å². The van der Waals surface area contributed by atoms with Crippen LogP contribution in [0.2, 0.25) is 5.02 Å². The third-order valence-corrected chi connectivity index (χ3v) is 5.56. The first-order chi connectivity index (χ1) is 16.8. The first-order valence-electron chi connectivity index (χ1n) is 10.9. The van der Waals surface area contributed by atoms with Gasteiger partial charge in [-0.3, -0.25) is 9.59 Å². The van der Waals surface area contributed by atoms with Crippen LogP contribution in [0.5, 0.6) is 17.2 Å². The lowest BCUT2D eigenvalue weighted by Gasteiger charge is -2.16. The summed E-state index contributed by atoms with van der Waals surface area (Å²) in [7, 11) is 0. The minimum Gasteiger partial charge on any atom is -0.479 e. The van der Waals surface area contributed by atoms with E-state index in [1.54, 1.807) is 62.4 Å². The van der Waals surface area contributed by atoms with Gasteiger partial charge in [0.2, 0.25) is 6.79 Å². The third-order valence-electron chi connectivity index (χ3n) is 5.27. The van der Waals surface area contributed by atoms with Crippen LogP contribution < -0.4 is 25.0 Å². The predicted octanol–water partition coefficient (Wildman–Crippen LogP) is 4.94. The molecule has 1 atom stereocenters. The second kappa shape index (κ2) is 10.5. The summed E-state index contributed by atoms with van der Waals surface area (Å²) in [5.41, 5.74) is 5.79. The molecule has 3 aromatic rings. The van der Waals surface area contributed by atoms with E-state index in [1.165, 1.54) is 0 Å². The number of nitrogens with one attached hydrogen (secondary N) is 2. The van der Waals surface area contributed by atoms with Crippen molar-refractivity contribution in [2.24, 2.45) is 5.10 Å². The Kier molecular flexibility index (Phi) is 7.22. The summed E-state index contributed by atoms with van der Waals surface area (Å²) in [6, 6.07) is 17.4. The van der Waals surface area contributed by atoms with Crippen LogP contribution in [0.15, 0.2) is 65.8 Å². The average molecular weight is 494 g/mol. The number of benzene rings is 3. The van der Waals surface area contributed by atoms with Crippen molar-refractivity contribution in [1.82, 2.24) is 5.43 Å². The maximum Gasteiger partial charge on any atom is 0.271 e. The van der Waals surface area contributed by atoms with Crippen LogP contribution in [0.25, 0.3) is 0 Å². The second-order valence-electron chi connectivity index (χ2n) is 7.97. The van der Waals surface area contributed by atoms with Gasteiger partial charge in [0.1, 0.15) is 5.75 Å². The number of carbonyl (C=O) groups is 2. The zero-order valence-electron chi connectivity index (χ0n) is 19.4. The number of hydrogen-bond donors (Lipinski definition) is 2. The molecular formula is C26H24ClN3O5. The number of anilines is 1. The molecule has 2 N–H and O–H groups in total. The highest BCUT2D eigenvalue weighted by atomic mass is 35.5. The van der Waals surface area contributed by atoms with E-state index in [2.05, 4.69) is 15.8 Å². The van der Waals surface area contributed by atoms with Crippen LogP contribution in [0, 0.1) is 6.92 Å².